The van der Waals surface area contributed by atoms with Crippen molar-refractivity contribution in [2.24, 2.45) is 0 Å². The number of H-pyrrole nitrogens is 1. The fraction of sp³-hybridized carbons (Fsp3) is 0. The van der Waals surface area contributed by atoms with E-state index >= 15 is 0 Å². The van der Waals surface area contributed by atoms with Gasteiger partial charge in [0.05, 0.1) is 22.0 Å². The van der Waals surface area contributed by atoms with Crippen LogP contribution in [0.3, 0.4) is 0 Å². The van der Waals surface area contributed by atoms with E-state index in [1.165, 1.54) is 6.20 Å². The average Bonchev–Trinajstić information content (AvgIpc) is 2.48. The van der Waals surface area contributed by atoms with Crippen LogP contribution < -0.4 is 0 Å². The Morgan fingerprint density at radius 2 is 2.31 bits per heavy atom. The van der Waals surface area contributed by atoms with E-state index in [-0.39, 0.29) is 5.69 Å². The summed E-state index contributed by atoms with van der Waals surface area (Å²) in [6.45, 7) is 0. The third-order valence-corrected chi connectivity index (χ3v) is 2.34. The van der Waals surface area contributed by atoms with Crippen LogP contribution in [0.2, 0.25) is 0 Å². The Labute approximate surface area is 81.1 Å². The summed E-state index contributed by atoms with van der Waals surface area (Å²) in [5.74, 6) is 0. The molecule has 0 saturated carbocycles. The van der Waals surface area contributed by atoms with Gasteiger partial charge in [-0.25, -0.2) is 0 Å². The van der Waals surface area contributed by atoms with E-state index in [0.29, 0.717) is 15.4 Å². The van der Waals surface area contributed by atoms with Crippen molar-refractivity contribution in [3.8, 4) is 0 Å². The molecule has 2 aromatic rings. The van der Waals surface area contributed by atoms with Crippen LogP contribution in [-0.4, -0.2) is 14.9 Å². The van der Waals surface area contributed by atoms with Gasteiger partial charge in [-0.3, -0.25) is 15.1 Å². The SMILES string of the molecule is O=[N+]([O-])c1cncc2[nH]cc(Br)c12. The molecule has 0 aromatic carbocycles. The Morgan fingerprint density at radius 3 is 3.00 bits per heavy atom. The molecular formula is C7H4BrN3O2. The molecule has 0 amide bonds. The lowest BCUT2D eigenvalue weighted by Gasteiger charge is -1.92. The molecule has 0 aliphatic heterocycles. The maximum atomic E-state index is 10.6. The monoisotopic (exact) mass is 241 g/mol. The summed E-state index contributed by atoms with van der Waals surface area (Å²) in [7, 11) is 0. The van der Waals surface area contributed by atoms with Gasteiger partial charge in [0.1, 0.15) is 6.20 Å². The van der Waals surface area contributed by atoms with Crippen molar-refractivity contribution in [1.82, 2.24) is 9.97 Å². The molecule has 0 fully saturated rings. The smallest absolute Gasteiger partial charge is 0.298 e. The highest BCUT2D eigenvalue weighted by Crippen LogP contribution is 2.30. The number of aromatic amines is 1. The van der Waals surface area contributed by atoms with E-state index in [1.54, 1.807) is 12.4 Å². The number of rotatable bonds is 1. The normalized spacial score (nSPS) is 10.5. The minimum absolute atomic E-state index is 0.00521. The first kappa shape index (κ1) is 8.18. The number of hydrogen-bond acceptors (Lipinski definition) is 3. The Morgan fingerprint density at radius 1 is 1.54 bits per heavy atom. The molecule has 5 nitrogen and oxygen atoms in total. The van der Waals surface area contributed by atoms with Gasteiger partial charge in [0, 0.05) is 10.7 Å². The van der Waals surface area contributed by atoms with Crippen molar-refractivity contribution in [3.05, 3.63) is 33.2 Å². The van der Waals surface area contributed by atoms with Gasteiger partial charge in [-0.1, -0.05) is 0 Å². The third kappa shape index (κ3) is 1.19. The van der Waals surface area contributed by atoms with E-state index in [4.69, 9.17) is 0 Å². The van der Waals surface area contributed by atoms with Crippen LogP contribution in [-0.2, 0) is 0 Å². The third-order valence-electron chi connectivity index (χ3n) is 1.72. The number of nitro groups is 1. The maximum Gasteiger partial charge on any atom is 0.298 e. The molecule has 0 aliphatic rings. The Bertz CT molecular complexity index is 480. The molecule has 2 rings (SSSR count). The minimum Gasteiger partial charge on any atom is -0.359 e. The first-order valence-corrected chi connectivity index (χ1v) is 4.24. The zero-order valence-corrected chi connectivity index (χ0v) is 7.91. The number of pyridine rings is 1. The van der Waals surface area contributed by atoms with E-state index in [0.717, 1.165) is 0 Å². The van der Waals surface area contributed by atoms with E-state index in [9.17, 15) is 10.1 Å². The van der Waals surface area contributed by atoms with Gasteiger partial charge in [-0.05, 0) is 15.9 Å². The molecule has 2 aromatic heterocycles. The van der Waals surface area contributed by atoms with Crippen molar-refractivity contribution >= 4 is 32.5 Å². The molecule has 0 spiro atoms. The molecule has 0 radical (unpaired) electrons. The highest BCUT2D eigenvalue weighted by molar-refractivity contribution is 9.10. The topological polar surface area (TPSA) is 71.8 Å². The second kappa shape index (κ2) is 2.81. The lowest BCUT2D eigenvalue weighted by molar-refractivity contribution is -0.383. The second-order valence-corrected chi connectivity index (χ2v) is 3.33. The quantitative estimate of drug-likeness (QED) is 0.615. The van der Waals surface area contributed by atoms with Crippen LogP contribution >= 0.6 is 15.9 Å². The molecule has 0 atom stereocenters. The molecule has 0 bridgehead atoms. The molecule has 0 saturated heterocycles. The van der Waals surface area contributed by atoms with E-state index in [1.807, 2.05) is 0 Å². The summed E-state index contributed by atoms with van der Waals surface area (Å²) in [5, 5.41) is 11.2. The number of aromatic nitrogens is 2. The summed E-state index contributed by atoms with van der Waals surface area (Å²) < 4.78 is 0.677. The largest absolute Gasteiger partial charge is 0.359 e. The lowest BCUT2D eigenvalue weighted by Crippen LogP contribution is -1.89. The first-order valence-electron chi connectivity index (χ1n) is 3.45. The number of nitrogens with one attached hydrogen (secondary N) is 1. The first-order chi connectivity index (χ1) is 6.20. The van der Waals surface area contributed by atoms with Gasteiger partial charge < -0.3 is 4.98 Å². The highest BCUT2D eigenvalue weighted by Gasteiger charge is 2.15. The van der Waals surface area contributed by atoms with Gasteiger partial charge in [0.2, 0.25) is 0 Å². The Balaban J connectivity index is 2.88. The molecule has 13 heavy (non-hydrogen) atoms. The van der Waals surface area contributed by atoms with Crippen LogP contribution in [0.15, 0.2) is 23.1 Å². The second-order valence-electron chi connectivity index (χ2n) is 2.47. The standard InChI is InChI=1S/C7H4BrN3O2/c8-4-1-10-5-2-9-3-6(7(4)5)11(12)13/h1-3,10H. The van der Waals surface area contributed by atoms with Crippen LogP contribution in [0.25, 0.3) is 10.9 Å². The molecule has 6 heteroatoms. The fourth-order valence-electron chi connectivity index (χ4n) is 1.16. The summed E-state index contributed by atoms with van der Waals surface area (Å²) in [5.41, 5.74) is 0.659. The zero-order chi connectivity index (χ0) is 9.42. The molecule has 66 valence electrons. The number of halogens is 1. The average molecular weight is 242 g/mol. The van der Waals surface area contributed by atoms with E-state index < -0.39 is 4.92 Å². The molecule has 0 aliphatic carbocycles. The van der Waals surface area contributed by atoms with Gasteiger partial charge in [0.25, 0.3) is 5.69 Å². The summed E-state index contributed by atoms with van der Waals surface area (Å²) in [6.07, 6.45) is 4.44. The van der Waals surface area contributed by atoms with Crippen LogP contribution in [0.4, 0.5) is 5.69 Å². The van der Waals surface area contributed by atoms with Crippen LogP contribution in [0.5, 0.6) is 0 Å². The van der Waals surface area contributed by atoms with Crippen molar-refractivity contribution in [3.63, 3.8) is 0 Å². The highest BCUT2D eigenvalue weighted by atomic mass is 79.9. The zero-order valence-electron chi connectivity index (χ0n) is 6.32. The summed E-state index contributed by atoms with van der Waals surface area (Å²) in [6, 6.07) is 0. The number of nitrogens with zero attached hydrogens (tertiary/aromatic N) is 2. The number of hydrogen-bond donors (Lipinski definition) is 1. The van der Waals surface area contributed by atoms with Crippen molar-refractivity contribution < 1.29 is 4.92 Å². The predicted octanol–water partition coefficient (Wildman–Crippen LogP) is 2.23. The number of fused-ring (bicyclic) bond motifs is 1. The van der Waals surface area contributed by atoms with Crippen LogP contribution in [0.1, 0.15) is 0 Å². The fourth-order valence-corrected chi connectivity index (χ4v) is 1.69. The Hall–Kier alpha value is -1.43. The van der Waals surface area contributed by atoms with E-state index in [2.05, 4.69) is 25.9 Å². The minimum atomic E-state index is -0.450. The molecule has 0 unspecified atom stereocenters. The summed E-state index contributed by atoms with van der Waals surface area (Å²) >= 11 is 3.22. The predicted molar refractivity (Wildman–Crippen MR) is 50.4 cm³/mol. The van der Waals surface area contributed by atoms with Crippen molar-refractivity contribution in [2.45, 2.75) is 0 Å². The van der Waals surface area contributed by atoms with Gasteiger partial charge >= 0.3 is 0 Å². The molecular weight excluding hydrogens is 238 g/mol. The van der Waals surface area contributed by atoms with Gasteiger partial charge in [-0.2, -0.15) is 0 Å². The Kier molecular flexibility index (Phi) is 1.77. The van der Waals surface area contributed by atoms with Crippen molar-refractivity contribution in [2.75, 3.05) is 0 Å². The van der Waals surface area contributed by atoms with Gasteiger partial charge in [0.15, 0.2) is 0 Å². The molecule has 1 N–H and O–H groups in total. The van der Waals surface area contributed by atoms with Gasteiger partial charge in [-0.15, -0.1) is 0 Å². The van der Waals surface area contributed by atoms with Crippen molar-refractivity contribution in [1.29, 1.82) is 0 Å². The summed E-state index contributed by atoms with van der Waals surface area (Å²) in [4.78, 5) is 16.8. The maximum absolute atomic E-state index is 10.6. The van der Waals surface area contributed by atoms with Crippen LogP contribution in [0, 0.1) is 10.1 Å². The molecule has 2 heterocycles. The lowest BCUT2D eigenvalue weighted by atomic mass is 10.3.